The Labute approximate surface area is 198 Å². The number of carbonyl (C=O) groups is 1. The van der Waals surface area contributed by atoms with Crippen molar-refractivity contribution in [2.24, 2.45) is 0 Å². The Bertz CT molecular complexity index is 1290. The first-order valence-corrected chi connectivity index (χ1v) is 12.1. The van der Waals surface area contributed by atoms with E-state index in [-0.39, 0.29) is 5.91 Å². The summed E-state index contributed by atoms with van der Waals surface area (Å²) in [6.07, 6.45) is 0.331. The molecule has 2 aromatic carbocycles. The number of benzene rings is 2. The van der Waals surface area contributed by atoms with Crippen molar-refractivity contribution < 1.29 is 9.53 Å². The first-order chi connectivity index (χ1) is 15.9. The number of fused-ring (bicyclic) bond motifs is 1. The van der Waals surface area contributed by atoms with Crippen molar-refractivity contribution in [3.63, 3.8) is 0 Å². The quantitative estimate of drug-likeness (QED) is 0.352. The van der Waals surface area contributed by atoms with Crippen LogP contribution >= 0.6 is 11.3 Å². The summed E-state index contributed by atoms with van der Waals surface area (Å²) in [5, 5.41) is 5.25. The molecule has 4 aromatic rings. The highest BCUT2D eigenvalue weighted by atomic mass is 32.1. The molecule has 33 heavy (non-hydrogen) atoms. The molecule has 0 fully saturated rings. The summed E-state index contributed by atoms with van der Waals surface area (Å²) in [5.74, 6) is 0.776. The predicted molar refractivity (Wildman–Crippen MR) is 134 cm³/mol. The van der Waals surface area contributed by atoms with Gasteiger partial charge in [-0.05, 0) is 63.9 Å². The van der Waals surface area contributed by atoms with Crippen LogP contribution in [-0.2, 0) is 17.8 Å². The molecule has 4 rings (SSSR count). The maximum Gasteiger partial charge on any atom is 0.233 e. The number of rotatable bonds is 8. The van der Waals surface area contributed by atoms with Crippen molar-refractivity contribution in [2.75, 3.05) is 18.1 Å². The molecule has 0 saturated heterocycles. The summed E-state index contributed by atoms with van der Waals surface area (Å²) in [7, 11) is 0. The van der Waals surface area contributed by atoms with E-state index in [1.165, 1.54) is 16.9 Å². The number of para-hydroxylation sites is 1. The van der Waals surface area contributed by atoms with Crippen LogP contribution in [0.15, 0.2) is 42.5 Å². The molecule has 1 amide bonds. The molecule has 2 heterocycles. The third-order valence-electron chi connectivity index (χ3n) is 5.68. The first kappa shape index (κ1) is 23.0. The highest BCUT2D eigenvalue weighted by Gasteiger charge is 2.22. The van der Waals surface area contributed by atoms with Crippen molar-refractivity contribution in [3.8, 4) is 5.75 Å². The minimum absolute atomic E-state index is 0.0282. The van der Waals surface area contributed by atoms with E-state index in [1.54, 1.807) is 4.90 Å². The number of hydrogen-bond donors (Lipinski definition) is 0. The van der Waals surface area contributed by atoms with Gasteiger partial charge in [-0.1, -0.05) is 41.2 Å². The molecule has 2 aromatic heterocycles. The summed E-state index contributed by atoms with van der Waals surface area (Å²) in [5.41, 5.74) is 6.22. The molecule has 172 valence electrons. The van der Waals surface area contributed by atoms with Crippen LogP contribution in [0, 0.1) is 27.7 Å². The van der Waals surface area contributed by atoms with E-state index in [2.05, 4.69) is 31.1 Å². The molecule has 0 atom stereocenters. The Morgan fingerprint density at radius 2 is 1.94 bits per heavy atom. The zero-order valence-corrected chi connectivity index (χ0v) is 20.7. The van der Waals surface area contributed by atoms with Crippen molar-refractivity contribution >= 4 is 32.6 Å². The molecule has 0 spiro atoms. The van der Waals surface area contributed by atoms with Crippen LogP contribution in [-0.4, -0.2) is 33.8 Å². The van der Waals surface area contributed by atoms with Crippen molar-refractivity contribution in [1.82, 2.24) is 14.8 Å². The first-order valence-electron chi connectivity index (χ1n) is 11.3. The second kappa shape index (κ2) is 9.75. The number of anilines is 1. The van der Waals surface area contributed by atoms with Gasteiger partial charge in [-0.15, -0.1) is 0 Å². The van der Waals surface area contributed by atoms with Crippen LogP contribution in [0.5, 0.6) is 5.75 Å². The smallest absolute Gasteiger partial charge is 0.233 e. The second-order valence-electron chi connectivity index (χ2n) is 8.33. The molecule has 0 unspecified atom stereocenters. The van der Waals surface area contributed by atoms with Crippen LogP contribution in [0.4, 0.5) is 5.13 Å². The van der Waals surface area contributed by atoms with Crippen molar-refractivity contribution in [2.45, 2.75) is 47.6 Å². The van der Waals surface area contributed by atoms with E-state index in [1.807, 2.05) is 55.8 Å². The fourth-order valence-corrected chi connectivity index (χ4v) is 5.05. The van der Waals surface area contributed by atoms with E-state index in [0.29, 0.717) is 31.2 Å². The van der Waals surface area contributed by atoms with Gasteiger partial charge in [-0.3, -0.25) is 14.4 Å². The highest BCUT2D eigenvalue weighted by Crippen LogP contribution is 2.34. The van der Waals surface area contributed by atoms with Gasteiger partial charge in [0.25, 0.3) is 0 Å². The summed E-state index contributed by atoms with van der Waals surface area (Å²) in [4.78, 5) is 20.2. The number of aromatic nitrogens is 3. The highest BCUT2D eigenvalue weighted by molar-refractivity contribution is 7.22. The van der Waals surface area contributed by atoms with Gasteiger partial charge in [0, 0.05) is 12.2 Å². The molecule has 0 N–H and O–H groups in total. The Morgan fingerprint density at radius 1 is 1.12 bits per heavy atom. The molecule has 0 radical (unpaired) electrons. The third kappa shape index (κ3) is 5.09. The molecule has 0 bridgehead atoms. The van der Waals surface area contributed by atoms with Gasteiger partial charge >= 0.3 is 0 Å². The lowest BCUT2D eigenvalue weighted by atomic mass is 10.0. The molecule has 6 nitrogen and oxygen atoms in total. The maximum atomic E-state index is 13.6. The molecule has 0 aliphatic carbocycles. The Hall–Kier alpha value is -3.19. The summed E-state index contributed by atoms with van der Waals surface area (Å²) < 4.78 is 8.73. The van der Waals surface area contributed by atoms with Gasteiger partial charge in [0.05, 0.1) is 30.0 Å². The largest absolute Gasteiger partial charge is 0.492 e. The number of thiazole rings is 1. The molecule has 0 aliphatic heterocycles. The number of hydrogen-bond acceptors (Lipinski definition) is 5. The summed E-state index contributed by atoms with van der Waals surface area (Å²) in [6, 6.07) is 14.2. The average Bonchev–Trinajstić information content (AvgIpc) is 3.33. The van der Waals surface area contributed by atoms with Gasteiger partial charge in [0.15, 0.2) is 5.13 Å². The van der Waals surface area contributed by atoms with Gasteiger partial charge in [0.1, 0.15) is 11.3 Å². The van der Waals surface area contributed by atoms with Crippen LogP contribution in [0.1, 0.15) is 35.0 Å². The zero-order valence-electron chi connectivity index (χ0n) is 19.9. The van der Waals surface area contributed by atoms with Crippen LogP contribution in [0.2, 0.25) is 0 Å². The minimum Gasteiger partial charge on any atom is -0.492 e. The van der Waals surface area contributed by atoms with E-state index in [0.717, 1.165) is 38.5 Å². The fraction of sp³-hybridized carbons (Fsp3) is 0.346. The predicted octanol–water partition coefficient (Wildman–Crippen LogP) is 5.40. The molecular formula is C26H30N4O2S. The zero-order chi connectivity index (χ0) is 23.5. The minimum atomic E-state index is 0.0282. The SMILES string of the molecule is CCOc1cccc2sc(N(CCn3nc(C)cc3C)C(=O)Cc3ccc(C)cc3C)nc12. The van der Waals surface area contributed by atoms with Gasteiger partial charge in [0.2, 0.25) is 5.91 Å². The normalized spacial score (nSPS) is 11.2. The lowest BCUT2D eigenvalue weighted by Crippen LogP contribution is -2.35. The van der Waals surface area contributed by atoms with Gasteiger partial charge in [-0.25, -0.2) is 4.98 Å². The van der Waals surface area contributed by atoms with Gasteiger partial charge < -0.3 is 4.74 Å². The monoisotopic (exact) mass is 462 g/mol. The average molecular weight is 463 g/mol. The Kier molecular flexibility index (Phi) is 6.79. The topological polar surface area (TPSA) is 60.2 Å². The Balaban J connectivity index is 1.67. The molecule has 0 aliphatic rings. The van der Waals surface area contributed by atoms with Crippen molar-refractivity contribution in [1.29, 1.82) is 0 Å². The lowest BCUT2D eigenvalue weighted by Gasteiger charge is -2.21. The number of nitrogens with zero attached hydrogens (tertiary/aromatic N) is 4. The van der Waals surface area contributed by atoms with E-state index < -0.39 is 0 Å². The fourth-order valence-electron chi connectivity index (χ4n) is 4.02. The number of aryl methyl sites for hydroxylation is 4. The van der Waals surface area contributed by atoms with Crippen LogP contribution in [0.25, 0.3) is 10.2 Å². The van der Waals surface area contributed by atoms with Crippen molar-refractivity contribution in [3.05, 3.63) is 70.5 Å². The standard InChI is InChI=1S/C26H30N4O2S/c1-6-32-22-8-7-9-23-25(22)27-26(33-23)29(12-13-30-20(5)15-19(4)28-30)24(31)16-21-11-10-17(2)14-18(21)3/h7-11,14-15H,6,12-13,16H2,1-5H3. The van der Waals surface area contributed by atoms with E-state index in [4.69, 9.17) is 9.72 Å². The molecular weight excluding hydrogens is 432 g/mol. The van der Waals surface area contributed by atoms with Crippen LogP contribution in [0.3, 0.4) is 0 Å². The molecule has 7 heteroatoms. The van der Waals surface area contributed by atoms with E-state index >= 15 is 0 Å². The van der Waals surface area contributed by atoms with Crippen LogP contribution < -0.4 is 9.64 Å². The maximum absolute atomic E-state index is 13.6. The van der Waals surface area contributed by atoms with E-state index in [9.17, 15) is 4.79 Å². The van der Waals surface area contributed by atoms with Gasteiger partial charge in [-0.2, -0.15) is 5.10 Å². The number of ether oxygens (including phenoxy) is 1. The third-order valence-corrected chi connectivity index (χ3v) is 6.72. The lowest BCUT2D eigenvalue weighted by molar-refractivity contribution is -0.118. The number of carbonyl (C=O) groups excluding carboxylic acids is 1. The summed E-state index contributed by atoms with van der Waals surface area (Å²) in [6.45, 7) is 11.8. The molecule has 0 saturated carbocycles. The second-order valence-corrected chi connectivity index (χ2v) is 9.34. The number of amides is 1. The Morgan fingerprint density at radius 3 is 2.64 bits per heavy atom. The summed E-state index contributed by atoms with van der Waals surface area (Å²) >= 11 is 1.52.